The summed E-state index contributed by atoms with van der Waals surface area (Å²) in [5, 5.41) is 41.4. The number of carboxylic acid groups (broad SMARTS) is 1. The number of nitro groups is 2. The third-order valence-corrected chi connectivity index (χ3v) is 2.86. The number of nitriles is 1. The number of benzene rings is 1. The molecule has 12 heteroatoms. The van der Waals surface area contributed by atoms with Crippen molar-refractivity contribution >= 4 is 40.0 Å². The predicted molar refractivity (Wildman–Crippen MR) is 76.1 cm³/mol. The molecule has 0 spiro atoms. The maximum Gasteiger partial charge on any atom is 0.338 e. The maximum absolute atomic E-state index is 11.2. The van der Waals surface area contributed by atoms with E-state index in [-0.39, 0.29) is 5.17 Å². The molecule has 2 N–H and O–H groups in total. The molecule has 0 amide bonds. The number of rotatable bonds is 4. The monoisotopic (exact) mass is 325 g/mol. The minimum absolute atomic E-state index is 0.0954. The van der Waals surface area contributed by atoms with E-state index < -0.39 is 38.4 Å². The average molecular weight is 325 g/mol. The lowest BCUT2D eigenvalue weighted by molar-refractivity contribution is -0.393. The quantitative estimate of drug-likeness (QED) is 0.208. The molecule has 0 heterocycles. The molecule has 22 heavy (non-hydrogen) atoms. The van der Waals surface area contributed by atoms with Gasteiger partial charge in [-0.15, -0.1) is 0 Å². The van der Waals surface area contributed by atoms with Gasteiger partial charge in [-0.25, -0.2) is 9.79 Å². The van der Waals surface area contributed by atoms with Crippen LogP contribution in [0.5, 0.6) is 0 Å². The third kappa shape index (κ3) is 3.67. The highest BCUT2D eigenvalue weighted by Crippen LogP contribution is 2.36. The number of carbonyl (C=O) groups is 1. The zero-order chi connectivity index (χ0) is 16.9. The van der Waals surface area contributed by atoms with E-state index in [2.05, 4.69) is 10.3 Å². The summed E-state index contributed by atoms with van der Waals surface area (Å²) in [6.45, 7) is 0. The number of hydrogen-bond acceptors (Lipinski definition) is 8. The molecule has 114 valence electrons. The number of nitro benzene ring substituents is 2. The van der Waals surface area contributed by atoms with E-state index in [0.29, 0.717) is 12.1 Å². The summed E-state index contributed by atoms with van der Waals surface area (Å²) >= 11 is 0.908. The minimum atomic E-state index is -1.62. The summed E-state index contributed by atoms with van der Waals surface area (Å²) in [4.78, 5) is 34.7. The van der Waals surface area contributed by atoms with Gasteiger partial charge in [-0.3, -0.25) is 25.5 Å². The number of non-ortho nitro benzene ring substituents is 1. The van der Waals surface area contributed by atoms with E-state index in [4.69, 9.17) is 10.4 Å². The Balaban J connectivity index is 3.73. The van der Waals surface area contributed by atoms with Crippen molar-refractivity contribution in [3.8, 4) is 6.19 Å². The van der Waals surface area contributed by atoms with Gasteiger partial charge < -0.3 is 5.11 Å². The van der Waals surface area contributed by atoms with Crippen molar-refractivity contribution in [3.63, 3.8) is 0 Å². The van der Waals surface area contributed by atoms with Crippen molar-refractivity contribution in [1.82, 2.24) is 5.32 Å². The van der Waals surface area contributed by atoms with Crippen molar-refractivity contribution in [1.29, 1.82) is 5.26 Å². The Morgan fingerprint density at radius 2 is 2.05 bits per heavy atom. The first-order chi connectivity index (χ1) is 10.3. The van der Waals surface area contributed by atoms with Crippen LogP contribution in [-0.2, 0) is 0 Å². The molecule has 0 unspecified atom stereocenters. The maximum atomic E-state index is 11.2. The molecule has 1 rings (SSSR count). The zero-order valence-corrected chi connectivity index (χ0v) is 11.7. The summed E-state index contributed by atoms with van der Waals surface area (Å²) in [7, 11) is 0. The van der Waals surface area contributed by atoms with Gasteiger partial charge in [0.05, 0.1) is 21.5 Å². The topological polar surface area (TPSA) is 172 Å². The molecule has 0 saturated heterocycles. The van der Waals surface area contributed by atoms with Gasteiger partial charge in [-0.05, 0) is 6.26 Å². The third-order valence-electron chi connectivity index (χ3n) is 2.28. The first-order valence-electron chi connectivity index (χ1n) is 5.29. The van der Waals surface area contributed by atoms with Crippen LogP contribution in [0.15, 0.2) is 17.1 Å². The number of thioether (sulfide) groups is 1. The summed E-state index contributed by atoms with van der Waals surface area (Å²) in [5.74, 6) is -1.62. The Morgan fingerprint density at radius 1 is 1.41 bits per heavy atom. The van der Waals surface area contributed by atoms with Gasteiger partial charge in [0.15, 0.2) is 17.0 Å². The van der Waals surface area contributed by atoms with Gasteiger partial charge in [0.1, 0.15) is 0 Å². The van der Waals surface area contributed by atoms with Crippen LogP contribution in [-0.4, -0.2) is 32.3 Å². The number of nitrogens with one attached hydrogen (secondary N) is 1. The lowest BCUT2D eigenvalue weighted by atomic mass is 10.1. The van der Waals surface area contributed by atoms with Crippen LogP contribution in [0.4, 0.5) is 17.1 Å². The van der Waals surface area contributed by atoms with Crippen LogP contribution in [0.1, 0.15) is 10.4 Å². The molecule has 1 aromatic carbocycles. The number of aromatic carboxylic acids is 1. The van der Waals surface area contributed by atoms with Crippen LogP contribution in [0, 0.1) is 31.7 Å². The summed E-state index contributed by atoms with van der Waals surface area (Å²) in [6.07, 6.45) is 3.04. The highest BCUT2D eigenvalue weighted by Gasteiger charge is 2.27. The fourth-order valence-electron chi connectivity index (χ4n) is 1.40. The molecule has 0 radical (unpaired) electrons. The fraction of sp³-hybridized carbons (Fsp3) is 0.100. The molecule has 0 aliphatic heterocycles. The Labute approximate surface area is 126 Å². The largest absolute Gasteiger partial charge is 0.478 e. The Bertz CT molecular complexity index is 690. The number of nitrogens with zero attached hydrogens (tertiary/aromatic N) is 4. The number of carboxylic acids is 1. The van der Waals surface area contributed by atoms with Crippen LogP contribution >= 0.6 is 11.8 Å². The Hall–Kier alpha value is -3.20. The molecule has 0 aromatic heterocycles. The van der Waals surface area contributed by atoms with Crippen LogP contribution in [0.2, 0.25) is 0 Å². The van der Waals surface area contributed by atoms with Crippen LogP contribution in [0.3, 0.4) is 0 Å². The lowest BCUT2D eigenvalue weighted by Crippen LogP contribution is -2.13. The van der Waals surface area contributed by atoms with Crippen LogP contribution < -0.4 is 5.32 Å². The van der Waals surface area contributed by atoms with Crippen molar-refractivity contribution < 1.29 is 19.7 Å². The van der Waals surface area contributed by atoms with Gasteiger partial charge in [-0.2, -0.15) is 5.26 Å². The smallest absolute Gasteiger partial charge is 0.338 e. The molecule has 0 bridgehead atoms. The molecule has 11 nitrogen and oxygen atoms in total. The van der Waals surface area contributed by atoms with Crippen molar-refractivity contribution in [2.24, 2.45) is 4.99 Å². The normalized spacial score (nSPS) is 10.6. The molecule has 1 aromatic rings. The van der Waals surface area contributed by atoms with E-state index in [1.807, 2.05) is 0 Å². The van der Waals surface area contributed by atoms with E-state index in [1.54, 1.807) is 0 Å². The van der Waals surface area contributed by atoms with Crippen molar-refractivity contribution in [2.75, 3.05) is 6.26 Å². The van der Waals surface area contributed by atoms with Gasteiger partial charge in [-0.1, -0.05) is 11.8 Å². The van der Waals surface area contributed by atoms with E-state index in [9.17, 15) is 25.0 Å². The zero-order valence-electron chi connectivity index (χ0n) is 10.8. The van der Waals surface area contributed by atoms with E-state index in [0.717, 1.165) is 11.8 Å². The van der Waals surface area contributed by atoms with E-state index in [1.165, 1.54) is 12.4 Å². The molecule has 0 saturated carbocycles. The molecule has 0 atom stereocenters. The van der Waals surface area contributed by atoms with Gasteiger partial charge >= 0.3 is 11.7 Å². The highest BCUT2D eigenvalue weighted by molar-refractivity contribution is 8.13. The van der Waals surface area contributed by atoms with E-state index >= 15 is 0 Å². The number of aliphatic imine (C=N–C) groups is 1. The SMILES string of the molecule is CSC(=Nc1c(C(=O)O)cc([N+](=O)[O-])cc1[N+](=O)[O-])NC#N. The van der Waals surface area contributed by atoms with Gasteiger partial charge in [0.25, 0.3) is 5.69 Å². The summed E-state index contributed by atoms with van der Waals surface area (Å²) in [6, 6.07) is 1.27. The van der Waals surface area contributed by atoms with Gasteiger partial charge in [0, 0.05) is 6.07 Å². The van der Waals surface area contributed by atoms with Crippen LogP contribution in [0.25, 0.3) is 0 Å². The fourth-order valence-corrected chi connectivity index (χ4v) is 1.73. The second kappa shape index (κ2) is 6.99. The second-order valence-corrected chi connectivity index (χ2v) is 4.33. The van der Waals surface area contributed by atoms with Gasteiger partial charge in [0.2, 0.25) is 0 Å². The Morgan fingerprint density at radius 3 is 2.45 bits per heavy atom. The molecule has 0 fully saturated rings. The molecule has 0 aliphatic rings. The summed E-state index contributed by atoms with van der Waals surface area (Å²) in [5.41, 5.74) is -2.90. The summed E-state index contributed by atoms with van der Waals surface area (Å²) < 4.78 is 0. The highest BCUT2D eigenvalue weighted by atomic mass is 32.2. The second-order valence-electron chi connectivity index (χ2n) is 3.54. The molecular weight excluding hydrogens is 318 g/mol. The number of amidine groups is 1. The minimum Gasteiger partial charge on any atom is -0.478 e. The predicted octanol–water partition coefficient (Wildman–Crippen LogP) is 1.62. The standard InChI is InChI=1S/C10H7N5O6S/c1-22-10(12-4-11)13-8-6(9(16)17)2-5(14(18)19)3-7(8)15(20)21/h2-3H,1H3,(H,12,13)(H,16,17). The molecular formula is C10H7N5O6S. The number of hydrogen-bond donors (Lipinski definition) is 2. The first kappa shape index (κ1) is 16.9. The van der Waals surface area contributed by atoms with Crippen molar-refractivity contribution in [3.05, 3.63) is 37.9 Å². The van der Waals surface area contributed by atoms with Crippen molar-refractivity contribution in [2.45, 2.75) is 0 Å². The first-order valence-corrected chi connectivity index (χ1v) is 6.52. The molecule has 0 aliphatic carbocycles. The lowest BCUT2D eigenvalue weighted by Gasteiger charge is -2.05. The Kier molecular flexibility index (Phi) is 5.36. The average Bonchev–Trinajstić information content (AvgIpc) is 2.45.